The van der Waals surface area contributed by atoms with Gasteiger partial charge >= 0.3 is 0 Å². The topological polar surface area (TPSA) is 29.3 Å². The van der Waals surface area contributed by atoms with Crippen LogP contribution in [-0.2, 0) is 0 Å². The summed E-state index contributed by atoms with van der Waals surface area (Å²) in [5.41, 5.74) is 5.65. The van der Waals surface area contributed by atoms with Crippen molar-refractivity contribution in [3.63, 3.8) is 0 Å². The number of rotatable bonds is 0. The Labute approximate surface area is 79.1 Å². The number of thiocarbonyl (C=S) groups is 1. The van der Waals surface area contributed by atoms with Gasteiger partial charge in [-0.25, -0.2) is 0 Å². The fourth-order valence-electron chi connectivity index (χ4n) is 2.47. The SMILES string of the molecule is NC(=S)N1CC2CCC(CC2)C1. The smallest absolute Gasteiger partial charge is 0.166 e. The van der Waals surface area contributed by atoms with Crippen LogP contribution in [-0.4, -0.2) is 23.1 Å². The van der Waals surface area contributed by atoms with Crippen LogP contribution in [0.15, 0.2) is 0 Å². The van der Waals surface area contributed by atoms with E-state index in [9.17, 15) is 0 Å². The van der Waals surface area contributed by atoms with Gasteiger partial charge < -0.3 is 10.6 Å². The molecule has 0 atom stereocenters. The summed E-state index contributed by atoms with van der Waals surface area (Å²) in [5.74, 6) is 1.73. The average Bonchev–Trinajstić information content (AvgIpc) is 2.36. The van der Waals surface area contributed by atoms with Crippen molar-refractivity contribution in [2.75, 3.05) is 13.1 Å². The van der Waals surface area contributed by atoms with Crippen LogP contribution in [0.4, 0.5) is 0 Å². The van der Waals surface area contributed by atoms with Gasteiger partial charge in [0, 0.05) is 13.1 Å². The summed E-state index contributed by atoms with van der Waals surface area (Å²) in [4.78, 5) is 2.20. The fraction of sp³-hybridized carbons (Fsp3) is 0.889. The fourth-order valence-corrected chi connectivity index (χ4v) is 2.62. The first-order valence-electron chi connectivity index (χ1n) is 4.80. The summed E-state index contributed by atoms with van der Waals surface area (Å²) in [6.45, 7) is 2.23. The minimum absolute atomic E-state index is 0.605. The van der Waals surface area contributed by atoms with Crippen molar-refractivity contribution in [1.82, 2.24) is 4.90 Å². The lowest BCUT2D eigenvalue weighted by Gasteiger charge is -2.22. The van der Waals surface area contributed by atoms with Crippen LogP contribution in [0, 0.1) is 11.8 Å². The molecule has 3 fully saturated rings. The van der Waals surface area contributed by atoms with Crippen molar-refractivity contribution in [1.29, 1.82) is 0 Å². The van der Waals surface area contributed by atoms with E-state index in [-0.39, 0.29) is 0 Å². The Morgan fingerprint density at radius 2 is 1.50 bits per heavy atom. The molecule has 2 bridgehead atoms. The maximum absolute atomic E-state index is 5.65. The normalized spacial score (nSPS) is 34.8. The van der Waals surface area contributed by atoms with Crippen LogP contribution in [0.2, 0.25) is 0 Å². The van der Waals surface area contributed by atoms with Gasteiger partial charge in [0.05, 0.1) is 0 Å². The van der Waals surface area contributed by atoms with E-state index in [0.29, 0.717) is 5.11 Å². The van der Waals surface area contributed by atoms with Crippen molar-refractivity contribution in [3.05, 3.63) is 0 Å². The van der Waals surface area contributed by atoms with Gasteiger partial charge in [-0.3, -0.25) is 0 Å². The van der Waals surface area contributed by atoms with Gasteiger partial charge in [0.2, 0.25) is 0 Å². The Hall–Kier alpha value is -0.310. The second-order valence-electron chi connectivity index (χ2n) is 4.13. The van der Waals surface area contributed by atoms with Gasteiger partial charge in [0.1, 0.15) is 0 Å². The molecule has 0 radical (unpaired) electrons. The van der Waals surface area contributed by atoms with E-state index in [2.05, 4.69) is 4.90 Å². The first kappa shape index (κ1) is 8.30. The standard InChI is InChI=1S/C9H16N2S/c10-9(12)11-5-7-1-2-8(6-11)4-3-7/h7-8H,1-6H2,(H2,10,12). The van der Waals surface area contributed by atoms with Crippen molar-refractivity contribution >= 4 is 17.3 Å². The van der Waals surface area contributed by atoms with E-state index in [1.54, 1.807) is 0 Å². The molecule has 2 aliphatic heterocycles. The van der Waals surface area contributed by atoms with Crippen LogP contribution >= 0.6 is 12.2 Å². The molecular formula is C9H16N2S. The van der Waals surface area contributed by atoms with Crippen LogP contribution in [0.1, 0.15) is 25.7 Å². The van der Waals surface area contributed by atoms with Crippen LogP contribution in [0.3, 0.4) is 0 Å². The van der Waals surface area contributed by atoms with Gasteiger partial charge in [0.25, 0.3) is 0 Å². The molecule has 0 aromatic carbocycles. The lowest BCUT2D eigenvalue weighted by Crippen LogP contribution is -2.38. The second kappa shape index (κ2) is 3.21. The van der Waals surface area contributed by atoms with Crippen LogP contribution < -0.4 is 5.73 Å². The first-order valence-corrected chi connectivity index (χ1v) is 5.21. The maximum Gasteiger partial charge on any atom is 0.166 e. The van der Waals surface area contributed by atoms with Crippen LogP contribution in [0.25, 0.3) is 0 Å². The molecule has 12 heavy (non-hydrogen) atoms. The molecule has 1 aliphatic carbocycles. The molecule has 2 N–H and O–H groups in total. The van der Waals surface area contributed by atoms with Gasteiger partial charge in [-0.05, 0) is 49.7 Å². The zero-order chi connectivity index (χ0) is 8.55. The molecule has 0 amide bonds. The highest BCUT2D eigenvalue weighted by molar-refractivity contribution is 7.80. The molecular weight excluding hydrogens is 168 g/mol. The predicted octanol–water partition coefficient (Wildman–Crippen LogP) is 1.35. The highest BCUT2D eigenvalue weighted by Crippen LogP contribution is 2.33. The molecule has 3 aliphatic rings. The molecule has 2 heterocycles. The quantitative estimate of drug-likeness (QED) is 0.576. The lowest BCUT2D eigenvalue weighted by atomic mass is 9.84. The highest BCUT2D eigenvalue weighted by Gasteiger charge is 2.29. The summed E-state index contributed by atoms with van der Waals surface area (Å²) in [6, 6.07) is 0. The number of nitrogens with two attached hydrogens (primary N) is 1. The first-order chi connectivity index (χ1) is 5.75. The summed E-state index contributed by atoms with van der Waals surface area (Å²) in [7, 11) is 0. The zero-order valence-corrected chi connectivity index (χ0v) is 8.15. The monoisotopic (exact) mass is 184 g/mol. The van der Waals surface area contributed by atoms with Crippen LogP contribution in [0.5, 0.6) is 0 Å². The number of nitrogens with zero attached hydrogens (tertiary/aromatic N) is 1. The van der Waals surface area contributed by atoms with E-state index in [4.69, 9.17) is 18.0 Å². The molecule has 0 aromatic rings. The second-order valence-corrected chi connectivity index (χ2v) is 4.55. The molecule has 68 valence electrons. The summed E-state index contributed by atoms with van der Waals surface area (Å²) in [5, 5.41) is 0.605. The maximum atomic E-state index is 5.65. The average molecular weight is 184 g/mol. The molecule has 3 rings (SSSR count). The number of hydrogen-bond acceptors (Lipinski definition) is 1. The predicted molar refractivity (Wildman–Crippen MR) is 53.8 cm³/mol. The molecule has 0 unspecified atom stereocenters. The van der Waals surface area contributed by atoms with E-state index in [0.717, 1.165) is 24.9 Å². The zero-order valence-electron chi connectivity index (χ0n) is 7.33. The van der Waals surface area contributed by atoms with Crippen molar-refractivity contribution in [2.45, 2.75) is 25.7 Å². The lowest BCUT2D eigenvalue weighted by molar-refractivity contribution is 0.326. The Morgan fingerprint density at radius 1 is 1.08 bits per heavy atom. The molecule has 3 heteroatoms. The molecule has 0 aromatic heterocycles. The Balaban J connectivity index is 2.06. The van der Waals surface area contributed by atoms with Gasteiger partial charge in [-0.2, -0.15) is 0 Å². The Bertz CT molecular complexity index is 171. The largest absolute Gasteiger partial charge is 0.376 e. The number of hydrogen-bond donors (Lipinski definition) is 1. The molecule has 2 nitrogen and oxygen atoms in total. The molecule has 0 spiro atoms. The van der Waals surface area contributed by atoms with Crippen molar-refractivity contribution in [2.24, 2.45) is 17.6 Å². The van der Waals surface area contributed by atoms with Crippen molar-refractivity contribution < 1.29 is 0 Å². The third kappa shape index (κ3) is 1.56. The molecule has 1 saturated carbocycles. The number of fused-ring (bicyclic) bond motifs is 4. The Morgan fingerprint density at radius 3 is 1.83 bits per heavy atom. The minimum atomic E-state index is 0.605. The summed E-state index contributed by atoms with van der Waals surface area (Å²) < 4.78 is 0. The third-order valence-corrected chi connectivity index (χ3v) is 3.49. The Kier molecular flexibility index (Phi) is 2.22. The van der Waals surface area contributed by atoms with Gasteiger partial charge in [-0.1, -0.05) is 0 Å². The molecule has 2 saturated heterocycles. The summed E-state index contributed by atoms with van der Waals surface area (Å²) in [6.07, 6.45) is 5.57. The van der Waals surface area contributed by atoms with E-state index in [1.807, 2.05) is 0 Å². The van der Waals surface area contributed by atoms with Gasteiger partial charge in [-0.15, -0.1) is 0 Å². The third-order valence-electron chi connectivity index (χ3n) is 3.24. The van der Waals surface area contributed by atoms with E-state index >= 15 is 0 Å². The van der Waals surface area contributed by atoms with E-state index in [1.165, 1.54) is 25.7 Å². The van der Waals surface area contributed by atoms with Crippen molar-refractivity contribution in [3.8, 4) is 0 Å². The van der Waals surface area contributed by atoms with E-state index < -0.39 is 0 Å². The van der Waals surface area contributed by atoms with Gasteiger partial charge in [0.15, 0.2) is 5.11 Å². The summed E-state index contributed by atoms with van der Waals surface area (Å²) >= 11 is 5.01. The highest BCUT2D eigenvalue weighted by atomic mass is 32.1. The minimum Gasteiger partial charge on any atom is -0.376 e.